The fourth-order valence-electron chi connectivity index (χ4n) is 2.71. The highest BCUT2D eigenvalue weighted by molar-refractivity contribution is 7.89. The van der Waals surface area contributed by atoms with Gasteiger partial charge < -0.3 is 5.73 Å². The quantitative estimate of drug-likeness (QED) is 0.617. The summed E-state index contributed by atoms with van der Waals surface area (Å²) in [7, 11) is -4.16. The van der Waals surface area contributed by atoms with E-state index >= 15 is 0 Å². The molecule has 0 unspecified atom stereocenters. The average Bonchev–Trinajstić information content (AvgIpc) is 2.98. The molecule has 0 aliphatic heterocycles. The van der Waals surface area contributed by atoms with Gasteiger partial charge in [0.2, 0.25) is 5.91 Å². The fraction of sp³-hybridized carbons (Fsp3) is 0.462. The molecule has 0 atom stereocenters. The van der Waals surface area contributed by atoms with Gasteiger partial charge in [-0.1, -0.05) is 25.0 Å². The lowest BCUT2D eigenvalue weighted by Crippen LogP contribution is -2.44. The number of nitro groups is 1. The lowest BCUT2D eigenvalue weighted by Gasteiger charge is -2.26. The highest BCUT2D eigenvalue weighted by Gasteiger charge is 2.37. The predicted octanol–water partition coefficient (Wildman–Crippen LogP) is 1.01. The summed E-state index contributed by atoms with van der Waals surface area (Å²) in [5.41, 5.74) is 4.65. The molecule has 8 nitrogen and oxygen atoms in total. The van der Waals surface area contributed by atoms with Crippen LogP contribution in [0.4, 0.5) is 5.69 Å². The SMILES string of the molecule is NC(=O)CN(C1CCCC1)S(=O)(=O)c1ccccc1[N+](=O)[O-]. The molecule has 1 aliphatic carbocycles. The average molecular weight is 327 g/mol. The molecule has 0 radical (unpaired) electrons. The van der Waals surface area contributed by atoms with E-state index in [1.54, 1.807) is 0 Å². The molecule has 0 aromatic heterocycles. The Morgan fingerprint density at radius 3 is 2.45 bits per heavy atom. The van der Waals surface area contributed by atoms with Crippen LogP contribution in [0.1, 0.15) is 25.7 Å². The molecule has 1 aromatic rings. The van der Waals surface area contributed by atoms with Crippen LogP contribution in [0.25, 0.3) is 0 Å². The Kier molecular flexibility index (Phi) is 4.77. The third-order valence-corrected chi connectivity index (χ3v) is 5.64. The van der Waals surface area contributed by atoms with E-state index in [1.807, 2.05) is 0 Å². The molecule has 0 bridgehead atoms. The van der Waals surface area contributed by atoms with Gasteiger partial charge in [0.15, 0.2) is 4.90 Å². The molecule has 22 heavy (non-hydrogen) atoms. The minimum absolute atomic E-state index is 0.350. The zero-order valence-corrected chi connectivity index (χ0v) is 12.7. The Hall–Kier alpha value is -2.00. The zero-order chi connectivity index (χ0) is 16.3. The second-order valence-corrected chi connectivity index (χ2v) is 7.04. The van der Waals surface area contributed by atoms with E-state index in [4.69, 9.17) is 5.73 Å². The van der Waals surface area contributed by atoms with Crippen molar-refractivity contribution in [3.8, 4) is 0 Å². The van der Waals surface area contributed by atoms with Crippen molar-refractivity contribution in [2.45, 2.75) is 36.6 Å². The zero-order valence-electron chi connectivity index (χ0n) is 11.8. The van der Waals surface area contributed by atoms with Crippen molar-refractivity contribution in [2.75, 3.05) is 6.54 Å². The van der Waals surface area contributed by atoms with Gasteiger partial charge in [-0.15, -0.1) is 0 Å². The van der Waals surface area contributed by atoms with E-state index in [1.165, 1.54) is 18.2 Å². The van der Waals surface area contributed by atoms with Crippen LogP contribution >= 0.6 is 0 Å². The topological polar surface area (TPSA) is 124 Å². The molecule has 0 spiro atoms. The largest absolute Gasteiger partial charge is 0.369 e. The first-order chi connectivity index (χ1) is 10.3. The lowest BCUT2D eigenvalue weighted by atomic mass is 10.2. The van der Waals surface area contributed by atoms with Gasteiger partial charge in [-0.3, -0.25) is 14.9 Å². The Bertz CT molecular complexity index is 683. The first-order valence-corrected chi connectivity index (χ1v) is 8.31. The number of primary amides is 1. The molecule has 0 saturated heterocycles. The molecule has 1 aromatic carbocycles. The van der Waals surface area contributed by atoms with Crippen LogP contribution in [0, 0.1) is 10.1 Å². The van der Waals surface area contributed by atoms with Gasteiger partial charge in [0.25, 0.3) is 15.7 Å². The Balaban J connectivity index is 2.49. The normalized spacial score (nSPS) is 16.0. The summed E-state index contributed by atoms with van der Waals surface area (Å²) in [4.78, 5) is 21.2. The standard InChI is InChI=1S/C13H17N3O5S/c14-13(17)9-15(10-5-1-2-6-10)22(20,21)12-8-4-3-7-11(12)16(18)19/h3-4,7-8,10H,1-2,5-6,9H2,(H2,14,17). The van der Waals surface area contributed by atoms with E-state index in [0.717, 1.165) is 23.2 Å². The molecular weight excluding hydrogens is 310 g/mol. The number of nitro benzene ring substituents is 1. The Morgan fingerprint density at radius 1 is 1.32 bits per heavy atom. The van der Waals surface area contributed by atoms with E-state index in [-0.39, 0.29) is 6.04 Å². The fourth-order valence-corrected chi connectivity index (χ4v) is 4.52. The molecule has 0 heterocycles. The summed E-state index contributed by atoms with van der Waals surface area (Å²) in [6.07, 6.45) is 2.94. The summed E-state index contributed by atoms with van der Waals surface area (Å²) >= 11 is 0. The van der Waals surface area contributed by atoms with Crippen molar-refractivity contribution in [3.63, 3.8) is 0 Å². The Labute approximate surface area is 128 Å². The van der Waals surface area contributed by atoms with Crippen LogP contribution in [-0.2, 0) is 14.8 Å². The first kappa shape index (κ1) is 16.4. The minimum atomic E-state index is -4.16. The van der Waals surface area contributed by atoms with Crippen LogP contribution in [0.5, 0.6) is 0 Å². The van der Waals surface area contributed by atoms with Crippen LogP contribution < -0.4 is 5.73 Å². The molecule has 120 valence electrons. The number of hydrogen-bond acceptors (Lipinski definition) is 5. The number of amides is 1. The first-order valence-electron chi connectivity index (χ1n) is 6.87. The van der Waals surface area contributed by atoms with Gasteiger partial charge in [0, 0.05) is 12.1 Å². The third kappa shape index (κ3) is 3.25. The van der Waals surface area contributed by atoms with Gasteiger partial charge in [-0.2, -0.15) is 4.31 Å². The van der Waals surface area contributed by atoms with Crippen molar-refractivity contribution in [1.82, 2.24) is 4.31 Å². The van der Waals surface area contributed by atoms with Crippen molar-refractivity contribution in [3.05, 3.63) is 34.4 Å². The van der Waals surface area contributed by atoms with Crippen molar-refractivity contribution in [1.29, 1.82) is 0 Å². The summed E-state index contributed by atoms with van der Waals surface area (Å²) in [5.74, 6) is -0.783. The highest BCUT2D eigenvalue weighted by atomic mass is 32.2. The van der Waals surface area contributed by atoms with E-state index in [2.05, 4.69) is 0 Å². The molecule has 2 N–H and O–H groups in total. The maximum Gasteiger partial charge on any atom is 0.289 e. The van der Waals surface area contributed by atoms with Gasteiger partial charge in [-0.25, -0.2) is 8.42 Å². The number of rotatable bonds is 6. The number of carbonyl (C=O) groups excluding carboxylic acids is 1. The maximum absolute atomic E-state index is 12.8. The second kappa shape index (κ2) is 6.41. The van der Waals surface area contributed by atoms with Crippen molar-refractivity contribution >= 4 is 21.6 Å². The van der Waals surface area contributed by atoms with Crippen LogP contribution in [0.2, 0.25) is 0 Å². The molecule has 1 amide bonds. The molecule has 1 saturated carbocycles. The summed E-state index contributed by atoms with van der Waals surface area (Å²) in [5, 5.41) is 11.1. The van der Waals surface area contributed by atoms with Crippen molar-refractivity contribution in [2.24, 2.45) is 5.73 Å². The smallest absolute Gasteiger partial charge is 0.289 e. The monoisotopic (exact) mass is 327 g/mol. The Morgan fingerprint density at radius 2 is 1.91 bits per heavy atom. The van der Waals surface area contributed by atoms with Gasteiger partial charge in [0.1, 0.15) is 0 Å². The number of benzene rings is 1. The third-order valence-electron chi connectivity index (χ3n) is 3.69. The number of sulfonamides is 1. The summed E-state index contributed by atoms with van der Waals surface area (Å²) in [6.45, 7) is -0.473. The molecule has 1 aliphatic rings. The lowest BCUT2D eigenvalue weighted by molar-refractivity contribution is -0.387. The summed E-state index contributed by atoms with van der Waals surface area (Å²) in [6, 6.07) is 4.76. The van der Waals surface area contributed by atoms with E-state index in [0.29, 0.717) is 12.8 Å². The molecule has 9 heteroatoms. The van der Waals surface area contributed by atoms with Gasteiger partial charge >= 0.3 is 0 Å². The number of hydrogen-bond donors (Lipinski definition) is 1. The van der Waals surface area contributed by atoms with E-state index in [9.17, 15) is 23.3 Å². The number of carbonyl (C=O) groups is 1. The van der Waals surface area contributed by atoms with Crippen molar-refractivity contribution < 1.29 is 18.1 Å². The predicted molar refractivity (Wildman–Crippen MR) is 78.4 cm³/mol. The second-order valence-electron chi connectivity index (χ2n) is 5.18. The van der Waals surface area contributed by atoms with Gasteiger partial charge in [-0.05, 0) is 18.9 Å². The number of para-hydroxylation sites is 1. The minimum Gasteiger partial charge on any atom is -0.369 e. The van der Waals surface area contributed by atoms with Crippen LogP contribution in [0.15, 0.2) is 29.2 Å². The summed E-state index contributed by atoms with van der Waals surface area (Å²) < 4.78 is 26.6. The van der Waals surface area contributed by atoms with E-state index < -0.39 is 38.0 Å². The van der Waals surface area contributed by atoms with Gasteiger partial charge in [0.05, 0.1) is 11.5 Å². The number of nitrogens with zero attached hydrogens (tertiary/aromatic N) is 2. The maximum atomic E-state index is 12.8. The van der Waals surface area contributed by atoms with Crippen LogP contribution in [0.3, 0.4) is 0 Å². The molecule has 1 fully saturated rings. The highest BCUT2D eigenvalue weighted by Crippen LogP contribution is 2.32. The molecular formula is C13H17N3O5S. The molecule has 2 rings (SSSR count). The number of nitrogens with two attached hydrogens (primary N) is 1. The van der Waals surface area contributed by atoms with Crippen LogP contribution in [-0.4, -0.2) is 36.1 Å².